The van der Waals surface area contributed by atoms with Crippen LogP contribution in [0.15, 0.2) is 14.7 Å². The molecule has 2 unspecified atom stereocenters. The van der Waals surface area contributed by atoms with E-state index < -0.39 is 22.1 Å². The Morgan fingerprint density at radius 1 is 1.50 bits per heavy atom. The zero-order valence-electron chi connectivity index (χ0n) is 10.4. The van der Waals surface area contributed by atoms with Gasteiger partial charge in [0.1, 0.15) is 9.77 Å². The van der Waals surface area contributed by atoms with Crippen molar-refractivity contribution in [3.05, 3.63) is 14.7 Å². The first kappa shape index (κ1) is 15.9. The second-order valence-electron chi connectivity index (χ2n) is 4.66. The summed E-state index contributed by atoms with van der Waals surface area (Å²) in [5.74, 6) is -1.25. The van der Waals surface area contributed by atoms with Crippen LogP contribution >= 0.6 is 27.3 Å². The molecule has 9 heteroatoms. The average Bonchev–Trinajstić information content (AvgIpc) is 2.93. The van der Waals surface area contributed by atoms with Gasteiger partial charge in [-0.3, -0.25) is 0 Å². The van der Waals surface area contributed by atoms with Crippen molar-refractivity contribution in [2.24, 2.45) is 5.92 Å². The molecule has 0 bridgehead atoms. The third kappa shape index (κ3) is 3.40. The summed E-state index contributed by atoms with van der Waals surface area (Å²) in [7, 11) is -3.78. The number of sulfonamides is 1. The molecule has 0 amide bonds. The van der Waals surface area contributed by atoms with Crippen LogP contribution in [-0.2, 0) is 10.0 Å². The fraction of sp³-hybridized carbons (Fsp3) is 0.545. The van der Waals surface area contributed by atoms with Gasteiger partial charge in [-0.15, -0.1) is 11.3 Å². The Hall–Kier alpha value is -0.480. The topological polar surface area (TPSA) is 104 Å². The number of rotatable bonds is 5. The third-order valence-electron chi connectivity index (χ3n) is 3.31. The summed E-state index contributed by atoms with van der Waals surface area (Å²) in [5, 5.41) is 18.5. The van der Waals surface area contributed by atoms with Gasteiger partial charge in [0.25, 0.3) is 0 Å². The zero-order valence-corrected chi connectivity index (χ0v) is 13.6. The smallest absolute Gasteiger partial charge is 0.345 e. The maximum absolute atomic E-state index is 12.1. The largest absolute Gasteiger partial charge is 0.477 e. The van der Waals surface area contributed by atoms with E-state index in [9.17, 15) is 18.3 Å². The van der Waals surface area contributed by atoms with Crippen molar-refractivity contribution in [1.29, 1.82) is 0 Å². The van der Waals surface area contributed by atoms with Gasteiger partial charge >= 0.3 is 5.97 Å². The van der Waals surface area contributed by atoms with Crippen LogP contribution in [0.5, 0.6) is 0 Å². The van der Waals surface area contributed by atoms with Gasteiger partial charge in [-0.05, 0) is 40.8 Å². The number of carboxylic acid groups (broad SMARTS) is 1. The average molecular weight is 384 g/mol. The van der Waals surface area contributed by atoms with Gasteiger partial charge in [0, 0.05) is 6.54 Å². The first-order chi connectivity index (χ1) is 9.31. The third-order valence-corrected chi connectivity index (χ3v) is 6.97. The van der Waals surface area contributed by atoms with Crippen molar-refractivity contribution in [1.82, 2.24) is 4.72 Å². The summed E-state index contributed by atoms with van der Waals surface area (Å²) in [4.78, 5) is 10.7. The molecular weight excluding hydrogens is 370 g/mol. The van der Waals surface area contributed by atoms with Gasteiger partial charge < -0.3 is 10.2 Å². The monoisotopic (exact) mass is 383 g/mol. The summed E-state index contributed by atoms with van der Waals surface area (Å²) in [5.41, 5.74) is 0. The minimum atomic E-state index is -3.78. The van der Waals surface area contributed by atoms with Crippen molar-refractivity contribution < 1.29 is 23.4 Å². The fourth-order valence-electron chi connectivity index (χ4n) is 2.19. The molecule has 0 spiro atoms. The number of carbonyl (C=O) groups is 1. The van der Waals surface area contributed by atoms with Crippen molar-refractivity contribution in [2.45, 2.75) is 30.3 Å². The Kier molecular flexibility index (Phi) is 4.85. The van der Waals surface area contributed by atoms with E-state index in [0.29, 0.717) is 6.42 Å². The van der Waals surface area contributed by atoms with Crippen molar-refractivity contribution in [3.63, 3.8) is 0 Å². The van der Waals surface area contributed by atoms with Crippen molar-refractivity contribution >= 4 is 43.3 Å². The van der Waals surface area contributed by atoms with Gasteiger partial charge in [-0.1, -0.05) is 6.42 Å². The Morgan fingerprint density at radius 2 is 2.20 bits per heavy atom. The quantitative estimate of drug-likeness (QED) is 0.716. The summed E-state index contributed by atoms with van der Waals surface area (Å²) in [6.45, 7) is 0.161. The molecule has 1 heterocycles. The maximum Gasteiger partial charge on any atom is 0.345 e. The number of halogens is 1. The molecule has 0 aliphatic heterocycles. The molecule has 1 aromatic heterocycles. The van der Waals surface area contributed by atoms with E-state index >= 15 is 0 Å². The molecule has 1 aromatic rings. The molecule has 0 saturated heterocycles. The zero-order chi connectivity index (χ0) is 14.9. The summed E-state index contributed by atoms with van der Waals surface area (Å²) >= 11 is 3.93. The Morgan fingerprint density at radius 3 is 2.70 bits per heavy atom. The lowest BCUT2D eigenvalue weighted by molar-refractivity contribution is 0.0702. The molecule has 0 radical (unpaired) electrons. The van der Waals surface area contributed by atoms with E-state index in [-0.39, 0.29) is 26.0 Å². The summed E-state index contributed by atoms with van der Waals surface area (Å²) in [6, 6.07) is 1.13. The number of aliphatic hydroxyl groups excluding tert-OH is 1. The summed E-state index contributed by atoms with van der Waals surface area (Å²) in [6.07, 6.45) is 1.89. The van der Waals surface area contributed by atoms with Gasteiger partial charge in [0.15, 0.2) is 0 Å². The van der Waals surface area contributed by atoms with Crippen LogP contribution in [0.1, 0.15) is 28.9 Å². The van der Waals surface area contributed by atoms with Gasteiger partial charge in [-0.2, -0.15) is 0 Å². The number of aromatic carboxylic acids is 1. The van der Waals surface area contributed by atoms with Gasteiger partial charge in [-0.25, -0.2) is 17.9 Å². The Labute approximate surface area is 129 Å². The van der Waals surface area contributed by atoms with Crippen LogP contribution in [0.4, 0.5) is 0 Å². The molecule has 1 fully saturated rings. The molecule has 112 valence electrons. The molecule has 20 heavy (non-hydrogen) atoms. The highest BCUT2D eigenvalue weighted by molar-refractivity contribution is 9.11. The van der Waals surface area contributed by atoms with E-state index in [1.165, 1.54) is 0 Å². The number of hydrogen-bond acceptors (Lipinski definition) is 5. The SMILES string of the molecule is O=C(O)c1cc(S(=O)(=O)NCC2CCCC2O)c(Br)s1. The van der Waals surface area contributed by atoms with Crippen LogP contribution in [0.2, 0.25) is 0 Å². The molecule has 0 aromatic carbocycles. The van der Waals surface area contributed by atoms with Gasteiger partial charge in [0.05, 0.1) is 9.89 Å². The highest BCUT2D eigenvalue weighted by Crippen LogP contribution is 2.32. The lowest BCUT2D eigenvalue weighted by Crippen LogP contribution is -2.32. The number of carboxylic acids is 1. The van der Waals surface area contributed by atoms with Crippen LogP contribution in [-0.4, -0.2) is 37.2 Å². The molecule has 2 rings (SSSR count). The first-order valence-corrected chi connectivity index (χ1v) is 9.11. The van der Waals surface area contributed by atoms with Gasteiger partial charge in [0.2, 0.25) is 10.0 Å². The van der Waals surface area contributed by atoms with Crippen LogP contribution in [0.25, 0.3) is 0 Å². The van der Waals surface area contributed by atoms with Crippen molar-refractivity contribution in [3.8, 4) is 0 Å². The molecule has 1 aliphatic rings. The predicted molar refractivity (Wildman–Crippen MR) is 77.5 cm³/mol. The first-order valence-electron chi connectivity index (χ1n) is 6.01. The molecule has 6 nitrogen and oxygen atoms in total. The van der Waals surface area contributed by atoms with E-state index in [1.807, 2.05) is 0 Å². The number of hydrogen-bond donors (Lipinski definition) is 3. The lowest BCUT2D eigenvalue weighted by Gasteiger charge is -2.14. The van der Waals surface area contributed by atoms with E-state index in [0.717, 1.165) is 30.2 Å². The highest BCUT2D eigenvalue weighted by Gasteiger charge is 2.28. The maximum atomic E-state index is 12.1. The Balaban J connectivity index is 2.12. The summed E-state index contributed by atoms with van der Waals surface area (Å²) < 4.78 is 27.0. The minimum absolute atomic E-state index is 0.0434. The standard InChI is InChI=1S/C11H14BrNO5S2/c12-10-9(4-8(19-10)11(15)16)20(17,18)13-5-6-2-1-3-7(6)14/h4,6-7,13-14H,1-3,5H2,(H,15,16). The predicted octanol–water partition coefficient (Wildman–Crippen LogP) is 1.65. The molecule has 1 aliphatic carbocycles. The van der Waals surface area contributed by atoms with Crippen LogP contribution < -0.4 is 4.72 Å². The van der Waals surface area contributed by atoms with E-state index in [4.69, 9.17) is 5.11 Å². The second-order valence-corrected chi connectivity index (χ2v) is 8.77. The highest BCUT2D eigenvalue weighted by atomic mass is 79.9. The lowest BCUT2D eigenvalue weighted by atomic mass is 10.1. The van der Waals surface area contributed by atoms with E-state index in [1.54, 1.807) is 0 Å². The van der Waals surface area contributed by atoms with Crippen molar-refractivity contribution in [2.75, 3.05) is 6.54 Å². The van der Waals surface area contributed by atoms with E-state index in [2.05, 4.69) is 20.7 Å². The fourth-order valence-corrected chi connectivity index (χ4v) is 5.69. The van der Waals surface area contributed by atoms with Crippen LogP contribution in [0.3, 0.4) is 0 Å². The number of thiophene rings is 1. The molecule has 3 N–H and O–H groups in total. The van der Waals surface area contributed by atoms with Crippen LogP contribution in [0, 0.1) is 5.92 Å². The number of aliphatic hydroxyl groups is 1. The molecule has 2 atom stereocenters. The molecule has 1 saturated carbocycles. The number of nitrogens with one attached hydrogen (secondary N) is 1. The molecular formula is C11H14BrNO5S2. The second kappa shape index (κ2) is 6.10. The minimum Gasteiger partial charge on any atom is -0.477 e. The normalized spacial score (nSPS) is 23.1. The Bertz CT molecular complexity index is 612.